The Balaban J connectivity index is 1.76. The van der Waals surface area contributed by atoms with Crippen molar-refractivity contribution < 1.29 is 13.2 Å². The SMILES string of the molecule is Nc1nnc(S(=O)(=O)NC2CC3CCC2O3)s1. The summed E-state index contributed by atoms with van der Waals surface area (Å²) >= 11 is 0.862. The molecule has 9 heteroatoms. The normalized spacial score (nSPS) is 32.1. The number of hydrogen-bond donors (Lipinski definition) is 2. The Bertz CT molecular complexity index is 529. The van der Waals surface area contributed by atoms with Gasteiger partial charge in [0.2, 0.25) is 9.47 Å². The van der Waals surface area contributed by atoms with Gasteiger partial charge in [0.15, 0.2) is 0 Å². The first kappa shape index (κ1) is 11.3. The molecule has 0 aromatic carbocycles. The number of nitrogens with one attached hydrogen (secondary N) is 1. The number of fused-ring (bicyclic) bond motifs is 2. The van der Waals surface area contributed by atoms with Gasteiger partial charge in [-0.25, -0.2) is 13.1 Å². The zero-order chi connectivity index (χ0) is 12.0. The lowest BCUT2D eigenvalue weighted by Gasteiger charge is -2.18. The molecule has 3 N–H and O–H groups in total. The van der Waals surface area contributed by atoms with Crippen LogP contribution in [0.3, 0.4) is 0 Å². The van der Waals surface area contributed by atoms with Gasteiger partial charge < -0.3 is 10.5 Å². The Morgan fingerprint density at radius 3 is 2.76 bits per heavy atom. The highest BCUT2D eigenvalue weighted by Crippen LogP contribution is 2.35. The molecule has 1 aromatic rings. The van der Waals surface area contributed by atoms with Gasteiger partial charge >= 0.3 is 0 Å². The predicted octanol–water partition coefficient (Wildman–Crippen LogP) is -0.282. The molecule has 17 heavy (non-hydrogen) atoms. The fourth-order valence-corrected chi connectivity index (χ4v) is 4.42. The quantitative estimate of drug-likeness (QED) is 0.786. The Kier molecular flexibility index (Phi) is 2.58. The van der Waals surface area contributed by atoms with E-state index in [-0.39, 0.29) is 27.7 Å². The van der Waals surface area contributed by atoms with Crippen molar-refractivity contribution in [3.63, 3.8) is 0 Å². The Morgan fingerprint density at radius 2 is 2.24 bits per heavy atom. The maximum absolute atomic E-state index is 12.0. The van der Waals surface area contributed by atoms with Gasteiger partial charge in [-0.3, -0.25) is 0 Å². The van der Waals surface area contributed by atoms with E-state index in [2.05, 4.69) is 14.9 Å². The minimum absolute atomic E-state index is 0.0000402. The number of ether oxygens (including phenoxy) is 1. The molecule has 3 unspecified atom stereocenters. The van der Waals surface area contributed by atoms with E-state index in [0.717, 1.165) is 30.6 Å². The average Bonchev–Trinajstić information content (AvgIpc) is 2.92. The number of anilines is 1. The van der Waals surface area contributed by atoms with Crippen LogP contribution in [0.15, 0.2) is 4.34 Å². The summed E-state index contributed by atoms with van der Waals surface area (Å²) in [5, 5.41) is 7.19. The van der Waals surface area contributed by atoms with Crippen molar-refractivity contribution in [3.8, 4) is 0 Å². The number of hydrogen-bond acceptors (Lipinski definition) is 7. The van der Waals surface area contributed by atoms with E-state index in [4.69, 9.17) is 10.5 Å². The van der Waals surface area contributed by atoms with Crippen LogP contribution in [0.5, 0.6) is 0 Å². The molecular formula is C8H12N4O3S2. The van der Waals surface area contributed by atoms with Crippen LogP contribution in [0.2, 0.25) is 0 Å². The summed E-state index contributed by atoms with van der Waals surface area (Å²) < 4.78 is 32.0. The highest BCUT2D eigenvalue weighted by Gasteiger charge is 2.43. The van der Waals surface area contributed by atoms with Crippen molar-refractivity contribution in [3.05, 3.63) is 0 Å². The number of nitrogens with two attached hydrogens (primary N) is 1. The highest BCUT2D eigenvalue weighted by molar-refractivity contribution is 7.91. The Hall–Kier alpha value is -0.770. The largest absolute Gasteiger partial charge is 0.374 e. The monoisotopic (exact) mass is 276 g/mol. The van der Waals surface area contributed by atoms with E-state index in [1.54, 1.807) is 0 Å². The number of nitrogens with zero attached hydrogens (tertiary/aromatic N) is 2. The van der Waals surface area contributed by atoms with E-state index < -0.39 is 10.0 Å². The van der Waals surface area contributed by atoms with E-state index in [0.29, 0.717) is 0 Å². The molecule has 2 fully saturated rings. The third kappa shape index (κ3) is 2.03. The van der Waals surface area contributed by atoms with Crippen molar-refractivity contribution >= 4 is 26.5 Å². The second-order valence-corrected chi connectivity index (χ2v) is 7.14. The summed E-state index contributed by atoms with van der Waals surface area (Å²) in [4.78, 5) is 0. The molecule has 0 radical (unpaired) electrons. The van der Waals surface area contributed by atoms with Crippen molar-refractivity contribution in [1.82, 2.24) is 14.9 Å². The van der Waals surface area contributed by atoms with Gasteiger partial charge in [-0.15, -0.1) is 10.2 Å². The van der Waals surface area contributed by atoms with Crippen LogP contribution in [0.25, 0.3) is 0 Å². The minimum atomic E-state index is -3.61. The molecule has 0 spiro atoms. The highest BCUT2D eigenvalue weighted by atomic mass is 32.2. The summed E-state index contributed by atoms with van der Waals surface area (Å²) in [5.74, 6) is 0. The summed E-state index contributed by atoms with van der Waals surface area (Å²) in [6.45, 7) is 0. The molecule has 0 saturated carbocycles. The molecule has 1 aromatic heterocycles. The molecule has 2 saturated heterocycles. The lowest BCUT2D eigenvalue weighted by Crippen LogP contribution is -2.41. The predicted molar refractivity (Wildman–Crippen MR) is 60.9 cm³/mol. The molecule has 3 atom stereocenters. The van der Waals surface area contributed by atoms with Crippen LogP contribution in [0.4, 0.5) is 5.13 Å². The molecule has 3 rings (SSSR count). The minimum Gasteiger partial charge on any atom is -0.374 e. The number of rotatable bonds is 3. The third-order valence-electron chi connectivity index (χ3n) is 3.06. The topological polar surface area (TPSA) is 107 Å². The lowest BCUT2D eigenvalue weighted by atomic mass is 9.96. The summed E-state index contributed by atoms with van der Waals surface area (Å²) in [6, 6.07) is -0.149. The van der Waals surface area contributed by atoms with Crippen molar-refractivity contribution in [1.29, 1.82) is 0 Å². The summed E-state index contributed by atoms with van der Waals surface area (Å²) in [6.07, 6.45) is 2.87. The standard InChI is InChI=1S/C8H12N4O3S2/c9-7-10-11-8(16-7)17(13,14)12-5-3-4-1-2-6(5)15-4/h4-6,12H,1-3H2,(H2,9,10). The molecule has 0 amide bonds. The molecule has 3 heterocycles. The molecule has 2 aliphatic rings. The Morgan fingerprint density at radius 1 is 1.41 bits per heavy atom. The smallest absolute Gasteiger partial charge is 0.270 e. The van der Waals surface area contributed by atoms with Gasteiger partial charge in [0.05, 0.1) is 18.2 Å². The first-order valence-corrected chi connectivity index (χ1v) is 7.61. The first-order chi connectivity index (χ1) is 8.04. The van der Waals surface area contributed by atoms with Gasteiger partial charge in [0.25, 0.3) is 10.0 Å². The number of aromatic nitrogens is 2. The van der Waals surface area contributed by atoms with Crippen LogP contribution < -0.4 is 10.5 Å². The number of sulfonamides is 1. The van der Waals surface area contributed by atoms with Gasteiger partial charge in [-0.1, -0.05) is 11.3 Å². The van der Waals surface area contributed by atoms with Gasteiger partial charge in [0.1, 0.15) is 0 Å². The molecule has 2 aliphatic heterocycles. The van der Waals surface area contributed by atoms with E-state index in [1.807, 2.05) is 0 Å². The van der Waals surface area contributed by atoms with Crippen LogP contribution in [0, 0.1) is 0 Å². The zero-order valence-electron chi connectivity index (χ0n) is 8.87. The lowest BCUT2D eigenvalue weighted by molar-refractivity contribution is 0.0996. The van der Waals surface area contributed by atoms with Crippen molar-refractivity contribution in [2.45, 2.75) is 41.9 Å². The fourth-order valence-electron chi connectivity index (χ4n) is 2.34. The molecule has 7 nitrogen and oxygen atoms in total. The van der Waals surface area contributed by atoms with Crippen LogP contribution >= 0.6 is 11.3 Å². The summed E-state index contributed by atoms with van der Waals surface area (Å²) in [5.41, 5.74) is 5.37. The van der Waals surface area contributed by atoms with Crippen LogP contribution in [-0.4, -0.2) is 36.9 Å². The number of nitrogen functional groups attached to an aromatic ring is 1. The molecule has 94 valence electrons. The maximum atomic E-state index is 12.0. The second kappa shape index (κ2) is 3.87. The Labute approximate surface area is 102 Å². The summed E-state index contributed by atoms with van der Waals surface area (Å²) in [7, 11) is -3.61. The van der Waals surface area contributed by atoms with E-state index >= 15 is 0 Å². The fraction of sp³-hybridized carbons (Fsp3) is 0.750. The van der Waals surface area contributed by atoms with E-state index in [1.165, 1.54) is 0 Å². The van der Waals surface area contributed by atoms with Gasteiger partial charge in [0, 0.05) is 0 Å². The van der Waals surface area contributed by atoms with Crippen molar-refractivity contribution in [2.24, 2.45) is 0 Å². The van der Waals surface area contributed by atoms with Crippen molar-refractivity contribution in [2.75, 3.05) is 5.73 Å². The molecule has 0 aliphatic carbocycles. The van der Waals surface area contributed by atoms with Crippen LogP contribution in [-0.2, 0) is 14.8 Å². The zero-order valence-corrected chi connectivity index (χ0v) is 10.5. The third-order valence-corrected chi connectivity index (χ3v) is 5.67. The second-order valence-electron chi connectivity index (χ2n) is 4.24. The van der Waals surface area contributed by atoms with Gasteiger partial charge in [-0.05, 0) is 19.3 Å². The molecular weight excluding hydrogens is 264 g/mol. The maximum Gasteiger partial charge on any atom is 0.270 e. The average molecular weight is 276 g/mol. The molecule has 2 bridgehead atoms. The van der Waals surface area contributed by atoms with Crippen LogP contribution in [0.1, 0.15) is 19.3 Å². The van der Waals surface area contributed by atoms with E-state index in [9.17, 15) is 8.42 Å². The first-order valence-electron chi connectivity index (χ1n) is 5.31. The van der Waals surface area contributed by atoms with Gasteiger partial charge in [-0.2, -0.15) is 0 Å².